The van der Waals surface area contributed by atoms with Crippen LogP contribution in [0.4, 0.5) is 0 Å². The maximum absolute atomic E-state index is 11.9. The number of hydrogen-bond acceptors (Lipinski definition) is 2. The van der Waals surface area contributed by atoms with Gasteiger partial charge in [0, 0.05) is 6.54 Å². The smallest absolute Gasteiger partial charge is 0.308 e. The van der Waals surface area contributed by atoms with Crippen LogP contribution in [-0.4, -0.2) is 23.5 Å². The molecule has 0 bridgehead atoms. The zero-order valence-electron chi connectivity index (χ0n) is 13.3. The van der Waals surface area contributed by atoms with Crippen molar-refractivity contribution in [3.8, 4) is 0 Å². The van der Waals surface area contributed by atoms with Crippen molar-refractivity contribution in [2.75, 3.05) is 6.54 Å². The molecule has 0 saturated heterocycles. The molecule has 0 radical (unpaired) electrons. The van der Waals surface area contributed by atoms with Crippen LogP contribution in [0.25, 0.3) is 0 Å². The van der Waals surface area contributed by atoms with Crippen molar-refractivity contribution >= 4 is 11.9 Å². The highest BCUT2D eigenvalue weighted by Gasteiger charge is 2.24. The van der Waals surface area contributed by atoms with Gasteiger partial charge in [0.25, 0.3) is 0 Å². The lowest BCUT2D eigenvalue weighted by Crippen LogP contribution is -2.35. The van der Waals surface area contributed by atoms with E-state index in [1.807, 2.05) is 52.0 Å². The van der Waals surface area contributed by atoms with Crippen LogP contribution in [0, 0.1) is 18.3 Å². The van der Waals surface area contributed by atoms with Gasteiger partial charge >= 0.3 is 5.97 Å². The number of aliphatic carboxylic acids is 1. The van der Waals surface area contributed by atoms with Gasteiger partial charge in [-0.2, -0.15) is 0 Å². The second kappa shape index (κ2) is 7.25. The van der Waals surface area contributed by atoms with Gasteiger partial charge in [0.1, 0.15) is 0 Å². The molecule has 0 fully saturated rings. The predicted molar refractivity (Wildman–Crippen MR) is 83.1 cm³/mol. The fourth-order valence-corrected chi connectivity index (χ4v) is 2.29. The van der Waals surface area contributed by atoms with Crippen LogP contribution >= 0.6 is 0 Å². The second-order valence-electron chi connectivity index (χ2n) is 6.77. The maximum Gasteiger partial charge on any atom is 0.308 e. The fourth-order valence-electron chi connectivity index (χ4n) is 2.29. The van der Waals surface area contributed by atoms with Gasteiger partial charge in [0.05, 0.1) is 12.3 Å². The van der Waals surface area contributed by atoms with E-state index < -0.39 is 11.9 Å². The number of benzene rings is 1. The minimum atomic E-state index is -0.860. The highest BCUT2D eigenvalue weighted by Crippen LogP contribution is 2.24. The quantitative estimate of drug-likeness (QED) is 0.847. The van der Waals surface area contributed by atoms with E-state index in [-0.39, 0.29) is 24.3 Å². The van der Waals surface area contributed by atoms with Gasteiger partial charge in [-0.15, -0.1) is 0 Å². The second-order valence-corrected chi connectivity index (χ2v) is 6.77. The van der Waals surface area contributed by atoms with Crippen molar-refractivity contribution in [3.05, 3.63) is 35.4 Å². The van der Waals surface area contributed by atoms with Crippen LogP contribution in [0.15, 0.2) is 24.3 Å². The van der Waals surface area contributed by atoms with E-state index in [0.717, 1.165) is 11.1 Å². The average Bonchev–Trinajstić information content (AvgIpc) is 2.32. The van der Waals surface area contributed by atoms with Crippen LogP contribution in [0.2, 0.25) is 0 Å². The van der Waals surface area contributed by atoms with Gasteiger partial charge in [0.15, 0.2) is 0 Å². The SMILES string of the molecule is Cc1cccc(CC(=O)NCC(CC(C)(C)C)C(=O)O)c1. The number of hydrogen-bond donors (Lipinski definition) is 2. The Morgan fingerprint density at radius 1 is 1.29 bits per heavy atom. The van der Waals surface area contributed by atoms with Crippen molar-refractivity contribution in [1.82, 2.24) is 5.32 Å². The third-order valence-electron chi connectivity index (χ3n) is 3.20. The number of rotatable bonds is 6. The van der Waals surface area contributed by atoms with Crippen LogP contribution in [0.3, 0.4) is 0 Å². The molecule has 1 amide bonds. The molecule has 1 unspecified atom stereocenters. The zero-order chi connectivity index (χ0) is 16.0. The molecular formula is C17H25NO3. The summed E-state index contributed by atoms with van der Waals surface area (Å²) in [7, 11) is 0. The van der Waals surface area contributed by atoms with Crippen LogP contribution < -0.4 is 5.32 Å². The largest absolute Gasteiger partial charge is 0.481 e. The Balaban J connectivity index is 2.52. The molecule has 0 spiro atoms. The first kappa shape index (κ1) is 17.2. The molecule has 21 heavy (non-hydrogen) atoms. The minimum Gasteiger partial charge on any atom is -0.481 e. The summed E-state index contributed by atoms with van der Waals surface area (Å²) in [4.78, 5) is 23.2. The lowest BCUT2D eigenvalue weighted by molar-refractivity contribution is -0.142. The first-order valence-electron chi connectivity index (χ1n) is 7.22. The Morgan fingerprint density at radius 3 is 2.48 bits per heavy atom. The molecule has 4 heteroatoms. The minimum absolute atomic E-state index is 0.0790. The number of amides is 1. The van der Waals surface area contributed by atoms with E-state index in [2.05, 4.69) is 5.32 Å². The summed E-state index contributed by atoms with van der Waals surface area (Å²) in [5.74, 6) is -1.55. The first-order chi connectivity index (χ1) is 9.67. The van der Waals surface area contributed by atoms with Crippen LogP contribution in [-0.2, 0) is 16.0 Å². The number of carbonyl (C=O) groups is 2. The number of carboxylic acid groups (broad SMARTS) is 1. The van der Waals surface area contributed by atoms with Crippen LogP contribution in [0.5, 0.6) is 0 Å². The molecule has 1 atom stereocenters. The molecule has 0 aromatic heterocycles. The topological polar surface area (TPSA) is 66.4 Å². The monoisotopic (exact) mass is 291 g/mol. The van der Waals surface area contributed by atoms with E-state index >= 15 is 0 Å². The van der Waals surface area contributed by atoms with Crippen LogP contribution in [0.1, 0.15) is 38.3 Å². The lowest BCUT2D eigenvalue weighted by atomic mass is 9.84. The molecule has 0 heterocycles. The summed E-state index contributed by atoms with van der Waals surface area (Å²) < 4.78 is 0. The van der Waals surface area contributed by atoms with Gasteiger partial charge < -0.3 is 10.4 Å². The van der Waals surface area contributed by atoms with E-state index in [1.165, 1.54) is 0 Å². The number of carbonyl (C=O) groups excluding carboxylic acids is 1. The Bertz CT molecular complexity index is 503. The maximum atomic E-state index is 11.9. The standard InChI is InChI=1S/C17H25NO3/c1-12-6-5-7-13(8-12)9-15(19)18-11-14(16(20)21)10-17(2,3)4/h5-8,14H,9-11H2,1-4H3,(H,18,19)(H,20,21). The van der Waals surface area contributed by atoms with E-state index in [0.29, 0.717) is 6.42 Å². The molecule has 0 saturated carbocycles. The molecule has 2 N–H and O–H groups in total. The number of carboxylic acids is 1. The molecule has 4 nitrogen and oxygen atoms in total. The normalized spacial score (nSPS) is 12.8. The summed E-state index contributed by atoms with van der Waals surface area (Å²) >= 11 is 0. The molecule has 0 aliphatic rings. The van der Waals surface area contributed by atoms with Crippen molar-refractivity contribution in [2.24, 2.45) is 11.3 Å². The van der Waals surface area contributed by atoms with E-state index in [4.69, 9.17) is 0 Å². The lowest BCUT2D eigenvalue weighted by Gasteiger charge is -2.23. The average molecular weight is 291 g/mol. The molecular weight excluding hydrogens is 266 g/mol. The summed E-state index contributed by atoms with van der Waals surface area (Å²) in [6.07, 6.45) is 0.816. The van der Waals surface area contributed by atoms with Gasteiger partial charge in [0.2, 0.25) is 5.91 Å². The summed E-state index contributed by atoms with van der Waals surface area (Å²) in [5.41, 5.74) is 1.97. The summed E-state index contributed by atoms with van der Waals surface area (Å²) in [6, 6.07) is 7.75. The summed E-state index contributed by atoms with van der Waals surface area (Å²) in [6.45, 7) is 8.15. The molecule has 0 aliphatic heterocycles. The fraction of sp³-hybridized carbons (Fsp3) is 0.529. The zero-order valence-corrected chi connectivity index (χ0v) is 13.3. The van der Waals surface area contributed by atoms with Crippen molar-refractivity contribution in [2.45, 2.75) is 40.5 Å². The Morgan fingerprint density at radius 2 is 1.95 bits per heavy atom. The van der Waals surface area contributed by atoms with Crippen molar-refractivity contribution in [3.63, 3.8) is 0 Å². The third-order valence-corrected chi connectivity index (χ3v) is 3.20. The molecule has 0 aliphatic carbocycles. The molecule has 116 valence electrons. The number of nitrogens with one attached hydrogen (secondary N) is 1. The van der Waals surface area contributed by atoms with Gasteiger partial charge in [-0.25, -0.2) is 0 Å². The Labute approximate surface area is 126 Å². The van der Waals surface area contributed by atoms with Crippen molar-refractivity contribution < 1.29 is 14.7 Å². The summed E-state index contributed by atoms with van der Waals surface area (Å²) in [5, 5.41) is 12.0. The van der Waals surface area contributed by atoms with Gasteiger partial charge in [-0.1, -0.05) is 50.6 Å². The van der Waals surface area contributed by atoms with Gasteiger partial charge in [-0.3, -0.25) is 9.59 Å². The Hall–Kier alpha value is -1.84. The van der Waals surface area contributed by atoms with Gasteiger partial charge in [-0.05, 0) is 24.3 Å². The predicted octanol–water partition coefficient (Wildman–Crippen LogP) is 2.79. The first-order valence-corrected chi connectivity index (χ1v) is 7.22. The molecule has 1 aromatic rings. The van der Waals surface area contributed by atoms with Crippen molar-refractivity contribution in [1.29, 1.82) is 0 Å². The van der Waals surface area contributed by atoms with E-state index in [9.17, 15) is 14.7 Å². The highest BCUT2D eigenvalue weighted by atomic mass is 16.4. The molecule has 1 rings (SSSR count). The third kappa shape index (κ3) is 6.93. The Kier molecular flexibility index (Phi) is 5.94. The number of aryl methyl sites for hydroxylation is 1. The molecule has 1 aromatic carbocycles. The van der Waals surface area contributed by atoms with E-state index in [1.54, 1.807) is 0 Å². The highest BCUT2D eigenvalue weighted by molar-refractivity contribution is 5.79.